The lowest BCUT2D eigenvalue weighted by Crippen LogP contribution is -2.28. The highest BCUT2D eigenvalue weighted by atomic mass is 32.1. The van der Waals surface area contributed by atoms with Gasteiger partial charge < -0.3 is 9.42 Å². The maximum Gasteiger partial charge on any atom is 0.255 e. The molecule has 6 heteroatoms. The average molecular weight is 313 g/mol. The molecule has 1 aliphatic heterocycles. The van der Waals surface area contributed by atoms with Crippen molar-refractivity contribution in [3.8, 4) is 0 Å². The quantitative estimate of drug-likeness (QED) is 0.729. The summed E-state index contributed by atoms with van der Waals surface area (Å²) in [5, 5.41) is 6.83. The zero-order valence-electron chi connectivity index (χ0n) is 12.2. The van der Waals surface area contributed by atoms with E-state index < -0.39 is 0 Å². The number of hydrogen-bond acceptors (Lipinski definition) is 5. The van der Waals surface area contributed by atoms with Gasteiger partial charge in [0.05, 0.1) is 11.5 Å². The van der Waals surface area contributed by atoms with E-state index >= 15 is 0 Å². The van der Waals surface area contributed by atoms with Gasteiger partial charge in [0.25, 0.3) is 5.91 Å². The second-order valence-electron chi connectivity index (χ2n) is 5.56. The number of hydrogen-bond donors (Lipinski definition) is 0. The number of amides is 1. The van der Waals surface area contributed by atoms with E-state index in [2.05, 4.69) is 10.1 Å². The van der Waals surface area contributed by atoms with Crippen LogP contribution < -0.4 is 0 Å². The van der Waals surface area contributed by atoms with Gasteiger partial charge in [0.2, 0.25) is 5.89 Å². The highest BCUT2D eigenvalue weighted by Crippen LogP contribution is 2.31. The number of fused-ring (bicyclic) bond motifs is 1. The molecule has 4 rings (SSSR count). The molecule has 1 unspecified atom stereocenters. The van der Waals surface area contributed by atoms with Crippen LogP contribution in [0.15, 0.2) is 34.2 Å². The van der Waals surface area contributed by atoms with E-state index in [1.807, 2.05) is 41.5 Å². The summed E-state index contributed by atoms with van der Waals surface area (Å²) in [5.74, 6) is 1.53. The van der Waals surface area contributed by atoms with Crippen LogP contribution in [0.2, 0.25) is 0 Å². The van der Waals surface area contributed by atoms with Crippen LogP contribution in [0.3, 0.4) is 0 Å². The molecule has 1 aliphatic rings. The third-order valence-electron chi connectivity index (χ3n) is 4.08. The van der Waals surface area contributed by atoms with Gasteiger partial charge in [0.15, 0.2) is 5.82 Å². The molecule has 3 aromatic rings. The van der Waals surface area contributed by atoms with Crippen LogP contribution >= 0.6 is 11.3 Å². The lowest BCUT2D eigenvalue weighted by atomic mass is 10.1. The number of carbonyl (C=O) groups excluding carboxylic acids is 1. The fourth-order valence-corrected chi connectivity index (χ4v) is 3.87. The van der Waals surface area contributed by atoms with E-state index in [9.17, 15) is 4.79 Å². The summed E-state index contributed by atoms with van der Waals surface area (Å²) >= 11 is 1.61. The molecule has 1 fully saturated rings. The maximum absolute atomic E-state index is 12.8. The highest BCUT2D eigenvalue weighted by Gasteiger charge is 2.32. The fourth-order valence-electron chi connectivity index (χ4n) is 2.94. The van der Waals surface area contributed by atoms with Gasteiger partial charge in [0.1, 0.15) is 0 Å². The van der Waals surface area contributed by atoms with Crippen LogP contribution in [-0.2, 0) is 0 Å². The standard InChI is InChI=1S/C16H15N3O2S/c1-10-17-15(21-18-10)11-6-7-19(8-11)16(20)13-9-22-14-5-3-2-4-12(13)14/h2-5,9,11H,6-8H2,1H3. The molecule has 0 bridgehead atoms. The van der Waals surface area contributed by atoms with E-state index in [-0.39, 0.29) is 11.8 Å². The van der Waals surface area contributed by atoms with Crippen molar-refractivity contribution in [2.75, 3.05) is 13.1 Å². The SMILES string of the molecule is Cc1noc(C2CCN(C(=O)c3csc4ccccc34)C2)n1. The molecule has 0 aliphatic carbocycles. The summed E-state index contributed by atoms with van der Waals surface area (Å²) in [5.41, 5.74) is 0.794. The number of nitrogens with zero attached hydrogens (tertiary/aromatic N) is 3. The lowest BCUT2D eigenvalue weighted by Gasteiger charge is -2.15. The first-order valence-corrected chi connectivity index (χ1v) is 8.16. The molecule has 0 saturated carbocycles. The Morgan fingerprint density at radius 3 is 3.09 bits per heavy atom. The largest absolute Gasteiger partial charge is 0.339 e. The normalized spacial score (nSPS) is 18.2. The molecular formula is C16H15N3O2S. The summed E-state index contributed by atoms with van der Waals surface area (Å²) in [6.07, 6.45) is 0.870. The second-order valence-corrected chi connectivity index (χ2v) is 6.47. The monoisotopic (exact) mass is 313 g/mol. The van der Waals surface area contributed by atoms with Gasteiger partial charge in [-0.1, -0.05) is 23.4 Å². The molecule has 0 N–H and O–H groups in total. The van der Waals surface area contributed by atoms with E-state index in [0.717, 1.165) is 28.6 Å². The fraction of sp³-hybridized carbons (Fsp3) is 0.312. The molecule has 1 amide bonds. The minimum Gasteiger partial charge on any atom is -0.339 e. The number of likely N-dealkylation sites (tertiary alicyclic amines) is 1. The van der Waals surface area contributed by atoms with Gasteiger partial charge in [-0.3, -0.25) is 4.79 Å². The first kappa shape index (κ1) is 13.5. The molecule has 3 heterocycles. The van der Waals surface area contributed by atoms with E-state index in [0.29, 0.717) is 18.3 Å². The van der Waals surface area contributed by atoms with Crippen LogP contribution in [0.4, 0.5) is 0 Å². The summed E-state index contributed by atoms with van der Waals surface area (Å²) in [6, 6.07) is 8.02. The summed E-state index contributed by atoms with van der Waals surface area (Å²) in [7, 11) is 0. The molecule has 1 atom stereocenters. The zero-order valence-corrected chi connectivity index (χ0v) is 13.0. The predicted octanol–water partition coefficient (Wildman–Crippen LogP) is 3.22. The van der Waals surface area contributed by atoms with Crippen molar-refractivity contribution in [3.63, 3.8) is 0 Å². The number of aromatic nitrogens is 2. The van der Waals surface area contributed by atoms with Gasteiger partial charge in [-0.05, 0) is 19.4 Å². The lowest BCUT2D eigenvalue weighted by molar-refractivity contribution is 0.0792. The van der Waals surface area contributed by atoms with Crippen molar-refractivity contribution in [1.82, 2.24) is 15.0 Å². The van der Waals surface area contributed by atoms with Crippen molar-refractivity contribution in [3.05, 3.63) is 46.9 Å². The average Bonchev–Trinajstić information content (AvgIpc) is 3.25. The van der Waals surface area contributed by atoms with Gasteiger partial charge in [-0.15, -0.1) is 11.3 Å². The van der Waals surface area contributed by atoms with E-state index in [4.69, 9.17) is 4.52 Å². The first-order valence-electron chi connectivity index (χ1n) is 7.28. The molecule has 112 valence electrons. The van der Waals surface area contributed by atoms with Crippen LogP contribution in [0.5, 0.6) is 0 Å². The first-order chi connectivity index (χ1) is 10.7. The van der Waals surface area contributed by atoms with Gasteiger partial charge >= 0.3 is 0 Å². The van der Waals surface area contributed by atoms with Crippen LogP contribution in [0.25, 0.3) is 10.1 Å². The number of aryl methyl sites for hydroxylation is 1. The minimum atomic E-state index is 0.0937. The molecule has 0 spiro atoms. The topological polar surface area (TPSA) is 59.2 Å². The summed E-state index contributed by atoms with van der Waals surface area (Å²) in [6.45, 7) is 3.18. The third-order valence-corrected chi connectivity index (χ3v) is 5.04. The Labute approximate surface area is 131 Å². The van der Waals surface area contributed by atoms with Crippen LogP contribution in [0.1, 0.15) is 34.4 Å². The van der Waals surface area contributed by atoms with E-state index in [1.54, 1.807) is 11.3 Å². The van der Waals surface area contributed by atoms with Crippen LogP contribution in [0, 0.1) is 6.92 Å². The van der Waals surface area contributed by atoms with Crippen molar-refractivity contribution < 1.29 is 9.32 Å². The number of carbonyl (C=O) groups is 1. The predicted molar refractivity (Wildman–Crippen MR) is 84.1 cm³/mol. The zero-order chi connectivity index (χ0) is 15.1. The Bertz CT molecular complexity index is 839. The highest BCUT2D eigenvalue weighted by molar-refractivity contribution is 7.17. The number of benzene rings is 1. The molecule has 0 radical (unpaired) electrons. The molecule has 1 saturated heterocycles. The molecule has 1 aromatic carbocycles. The summed E-state index contributed by atoms with van der Waals surface area (Å²) < 4.78 is 6.39. The Balaban J connectivity index is 1.57. The number of rotatable bonds is 2. The van der Waals surface area contributed by atoms with Crippen molar-refractivity contribution in [1.29, 1.82) is 0 Å². The van der Waals surface area contributed by atoms with Crippen LogP contribution in [-0.4, -0.2) is 34.0 Å². The number of thiophene rings is 1. The van der Waals surface area contributed by atoms with Crippen molar-refractivity contribution >= 4 is 27.3 Å². The molecule has 5 nitrogen and oxygen atoms in total. The van der Waals surface area contributed by atoms with Crippen molar-refractivity contribution in [2.45, 2.75) is 19.3 Å². The maximum atomic E-state index is 12.8. The Morgan fingerprint density at radius 1 is 1.41 bits per heavy atom. The van der Waals surface area contributed by atoms with Gasteiger partial charge in [-0.25, -0.2) is 0 Å². The minimum absolute atomic E-state index is 0.0937. The summed E-state index contributed by atoms with van der Waals surface area (Å²) in [4.78, 5) is 18.9. The molecular weight excluding hydrogens is 298 g/mol. The molecule has 2 aromatic heterocycles. The smallest absolute Gasteiger partial charge is 0.255 e. The van der Waals surface area contributed by atoms with Gasteiger partial charge in [0, 0.05) is 28.6 Å². The van der Waals surface area contributed by atoms with E-state index in [1.165, 1.54) is 0 Å². The Hall–Kier alpha value is -2.21. The Kier molecular flexibility index (Phi) is 3.18. The third kappa shape index (κ3) is 2.20. The Morgan fingerprint density at radius 2 is 2.27 bits per heavy atom. The second kappa shape index (κ2) is 5.21. The van der Waals surface area contributed by atoms with Gasteiger partial charge in [-0.2, -0.15) is 4.98 Å². The molecule has 22 heavy (non-hydrogen) atoms. The van der Waals surface area contributed by atoms with Crippen molar-refractivity contribution in [2.24, 2.45) is 0 Å².